The van der Waals surface area contributed by atoms with Crippen molar-refractivity contribution in [2.75, 3.05) is 29.8 Å². The zero-order valence-electron chi connectivity index (χ0n) is 50.4. The van der Waals surface area contributed by atoms with Crippen molar-refractivity contribution in [1.82, 2.24) is 29.8 Å². The first-order valence-electron chi connectivity index (χ1n) is 28.1. The molecule has 4 aromatic heterocycles. The predicted molar refractivity (Wildman–Crippen MR) is 340 cm³/mol. The third-order valence-electron chi connectivity index (χ3n) is 15.0. The molecule has 5 heterocycles. The molecule has 1 aliphatic heterocycles. The maximum absolute atomic E-state index is 14.3. The van der Waals surface area contributed by atoms with Crippen molar-refractivity contribution < 1.29 is 65.9 Å². The van der Waals surface area contributed by atoms with E-state index in [4.69, 9.17) is 11.5 Å². The van der Waals surface area contributed by atoms with Crippen LogP contribution in [0.2, 0.25) is 0 Å². The van der Waals surface area contributed by atoms with E-state index in [1.54, 1.807) is 32.0 Å². The predicted octanol–water partition coefficient (Wildman–Crippen LogP) is 14.3. The van der Waals surface area contributed by atoms with Crippen molar-refractivity contribution >= 4 is 87.6 Å². The Labute approximate surface area is 540 Å². The van der Waals surface area contributed by atoms with Gasteiger partial charge in [0.1, 0.15) is 82.0 Å². The Morgan fingerprint density at radius 1 is 0.526 bits per heavy atom. The summed E-state index contributed by atoms with van der Waals surface area (Å²) in [5, 5.41) is 12.8. The summed E-state index contributed by atoms with van der Waals surface area (Å²) in [7, 11) is -8.23. The molecular formula is C67H49F9N10O6S3. The molecule has 484 valence electrons. The van der Waals surface area contributed by atoms with Gasteiger partial charge in [-0.05, 0) is 147 Å². The van der Waals surface area contributed by atoms with Crippen LogP contribution >= 0.6 is 11.8 Å². The number of aromatic nitrogens is 5. The van der Waals surface area contributed by atoms with Crippen LogP contribution in [-0.4, -0.2) is 77.2 Å². The van der Waals surface area contributed by atoms with E-state index < -0.39 is 107 Å². The molecule has 3 atom stereocenters. The zero-order valence-corrected chi connectivity index (χ0v) is 52.8. The molecule has 16 nitrogen and oxygen atoms in total. The van der Waals surface area contributed by atoms with Gasteiger partial charge in [0.2, 0.25) is 0 Å². The molecule has 11 aromatic rings. The lowest BCUT2D eigenvalue weighted by atomic mass is 9.97. The van der Waals surface area contributed by atoms with Crippen LogP contribution < -0.4 is 16.8 Å². The quantitative estimate of drug-likeness (QED) is 0.0583. The van der Waals surface area contributed by atoms with E-state index in [9.17, 15) is 71.2 Å². The topological polar surface area (TPSA) is 258 Å². The number of pyridine rings is 3. The number of carbonyl (C=O) groups excluding carboxylic acids is 2. The second-order valence-electron chi connectivity index (χ2n) is 21.8. The van der Waals surface area contributed by atoms with Gasteiger partial charge in [-0.3, -0.25) is 19.5 Å². The molecule has 95 heavy (non-hydrogen) atoms. The maximum atomic E-state index is 14.3. The number of anilines is 2. The smallest absolute Gasteiger partial charge is 0.262 e. The Hall–Kier alpha value is -10.3. The van der Waals surface area contributed by atoms with Gasteiger partial charge in [-0.2, -0.15) is 5.26 Å². The summed E-state index contributed by atoms with van der Waals surface area (Å²) in [5.41, 5.74) is 13.6. The highest BCUT2D eigenvalue weighted by atomic mass is 32.2. The zero-order chi connectivity index (χ0) is 68.9. The van der Waals surface area contributed by atoms with Crippen LogP contribution in [0.5, 0.6) is 0 Å². The maximum Gasteiger partial charge on any atom is 0.262 e. The van der Waals surface area contributed by atoms with Gasteiger partial charge in [0, 0.05) is 74.5 Å². The number of nitrogens with two attached hydrogens (primary N) is 2. The number of nitrogen functional groups attached to an aromatic ring is 1. The number of hydrogen-bond donors (Lipinski definition) is 3. The minimum Gasteiger partial charge on any atom is -0.382 e. The summed E-state index contributed by atoms with van der Waals surface area (Å²) in [5.74, 6) is -8.37. The molecule has 5 N–H and O–H groups in total. The van der Waals surface area contributed by atoms with Gasteiger partial charge in [-0.25, -0.2) is 76.3 Å². The fourth-order valence-electron chi connectivity index (χ4n) is 11.1. The number of nitriles is 1. The molecule has 2 amide bonds. The molecule has 1 aliphatic rings. The summed E-state index contributed by atoms with van der Waals surface area (Å²) >= 11 is 1.36. The summed E-state index contributed by atoms with van der Waals surface area (Å²) < 4.78 is 178. The summed E-state index contributed by atoms with van der Waals surface area (Å²) in [6.45, 7) is 4.80. The van der Waals surface area contributed by atoms with Gasteiger partial charge < -0.3 is 16.8 Å². The second kappa shape index (κ2) is 26.6. The van der Waals surface area contributed by atoms with E-state index in [1.165, 1.54) is 67.2 Å². The van der Waals surface area contributed by atoms with Crippen molar-refractivity contribution in [3.63, 3.8) is 0 Å². The number of amides is 2. The number of sulfone groups is 2. The van der Waals surface area contributed by atoms with Crippen LogP contribution in [0.1, 0.15) is 82.3 Å². The summed E-state index contributed by atoms with van der Waals surface area (Å²) in [4.78, 5) is 48.4. The Kier molecular flexibility index (Phi) is 18.9. The Morgan fingerprint density at radius 2 is 0.916 bits per heavy atom. The SMILES string of the molecule is CC(Nc1ncnc(N)c1C#N)c1nc2ccc(F)cc2c(S(C)(=O)=O)c1-c1cc(F)cc(F)c1.CC(c1nc2ccc(F)cc2c(S(C)(=O)=O)c1-c1cc(F)cc(F)c1)N1C(=O)c2ccccc2C1=O.CSc1c(-c2cc(F)cc(F)c2)c(C(C)N)nc2ccc(F)cc12. The number of fused-ring (bicyclic) bond motifs is 4. The van der Waals surface area contributed by atoms with Crippen molar-refractivity contribution in [3.8, 4) is 39.4 Å². The number of thioether (sulfide) groups is 1. The number of nitrogens with one attached hydrogen (secondary N) is 1. The van der Waals surface area contributed by atoms with Crippen molar-refractivity contribution in [1.29, 1.82) is 5.26 Å². The number of benzene rings is 7. The fraction of sp³-hybridized carbons (Fsp3) is 0.134. The van der Waals surface area contributed by atoms with Gasteiger partial charge in [0.15, 0.2) is 19.7 Å². The van der Waals surface area contributed by atoms with Crippen molar-refractivity contribution in [3.05, 3.63) is 226 Å². The molecule has 3 unspecified atom stereocenters. The van der Waals surface area contributed by atoms with Crippen LogP contribution in [-0.2, 0) is 19.7 Å². The van der Waals surface area contributed by atoms with E-state index in [2.05, 4.69) is 30.2 Å². The van der Waals surface area contributed by atoms with Crippen LogP contribution in [0.15, 0.2) is 154 Å². The van der Waals surface area contributed by atoms with Gasteiger partial charge in [0.05, 0.1) is 66.6 Å². The summed E-state index contributed by atoms with van der Waals surface area (Å²) in [6, 6.07) is 24.9. The average Bonchev–Trinajstić information content (AvgIpc) is 1.55. The lowest BCUT2D eigenvalue weighted by Gasteiger charge is -2.26. The second-order valence-corrected chi connectivity index (χ2v) is 26.5. The molecular weight excluding hydrogens is 1310 g/mol. The number of imide groups is 1. The third kappa shape index (κ3) is 13.7. The molecule has 28 heteroatoms. The molecule has 0 spiro atoms. The Morgan fingerprint density at radius 3 is 1.33 bits per heavy atom. The monoisotopic (exact) mass is 1360 g/mol. The van der Waals surface area contributed by atoms with Gasteiger partial charge >= 0.3 is 0 Å². The molecule has 0 bridgehead atoms. The van der Waals surface area contributed by atoms with E-state index in [0.717, 1.165) is 78.3 Å². The molecule has 12 rings (SSSR count). The molecule has 0 radical (unpaired) electrons. The molecule has 0 saturated heterocycles. The minimum absolute atomic E-state index is 0.0470. The largest absolute Gasteiger partial charge is 0.382 e. The Balaban J connectivity index is 0.000000159. The van der Waals surface area contributed by atoms with Crippen molar-refractivity contribution in [2.45, 2.75) is 53.6 Å². The number of carbonyl (C=O) groups is 2. The van der Waals surface area contributed by atoms with Crippen LogP contribution in [0.3, 0.4) is 0 Å². The fourth-order valence-corrected chi connectivity index (χ4v) is 14.2. The van der Waals surface area contributed by atoms with Gasteiger partial charge in [-0.15, -0.1) is 11.8 Å². The lowest BCUT2D eigenvalue weighted by molar-refractivity contribution is 0.0592. The number of halogens is 9. The molecule has 0 saturated carbocycles. The van der Waals surface area contributed by atoms with E-state index in [-0.39, 0.29) is 88.7 Å². The van der Waals surface area contributed by atoms with Crippen LogP contribution in [0, 0.1) is 63.7 Å². The van der Waals surface area contributed by atoms with Crippen LogP contribution in [0.25, 0.3) is 66.1 Å². The highest BCUT2D eigenvalue weighted by Gasteiger charge is 2.41. The van der Waals surface area contributed by atoms with Gasteiger partial charge in [0.25, 0.3) is 11.8 Å². The first-order chi connectivity index (χ1) is 44.9. The number of rotatable bonds is 12. The standard InChI is InChI=1S/C26H17F3N2O4S.C23H17F3N6O2S.C18H15F3N2S/c1-13(31-25(32)18-5-3-4-6-19(18)26(31)33)23-22(14-9-16(28)11-17(29)10-14)24(36(2,34)35)20-12-15(27)7-8-21(20)30-23;1-11(31-23-17(9-27)22(28)29-10-30-23)20-19(12-5-14(25)7-15(26)6-12)21(35(2,33)34)16-8-13(24)3-4-18(16)32-20;1-9(22)17-16(10-5-12(20)7-13(21)6-10)18(24-2)14-8-11(19)3-4-15(14)23-17/h3-13H,1-2H3;3-8,10-11H,1-2H3,(H3,28,29,30,31);3-9H,22H2,1-2H3. The highest BCUT2D eigenvalue weighted by molar-refractivity contribution is 7.99. The van der Waals surface area contributed by atoms with Crippen LogP contribution in [0.4, 0.5) is 51.1 Å². The Bertz CT molecular complexity index is 5200. The van der Waals surface area contributed by atoms with E-state index in [1.807, 2.05) is 12.3 Å². The first-order valence-corrected chi connectivity index (χ1v) is 33.1. The summed E-state index contributed by atoms with van der Waals surface area (Å²) in [6.07, 6.45) is 4.74. The third-order valence-corrected chi connectivity index (χ3v) is 18.1. The average molecular weight is 1360 g/mol. The normalized spacial score (nSPS) is 13.2. The first kappa shape index (κ1) is 67.5. The number of nitrogens with zero attached hydrogens (tertiary/aromatic N) is 7. The van der Waals surface area contributed by atoms with Crippen molar-refractivity contribution in [2.24, 2.45) is 5.73 Å². The molecule has 7 aromatic carbocycles. The number of hydrogen-bond acceptors (Lipinski definition) is 16. The minimum atomic E-state index is -4.15. The molecule has 0 fully saturated rings. The van der Waals surface area contributed by atoms with Gasteiger partial charge in [-0.1, -0.05) is 12.1 Å². The van der Waals surface area contributed by atoms with E-state index >= 15 is 0 Å². The molecule has 0 aliphatic carbocycles. The highest BCUT2D eigenvalue weighted by Crippen LogP contribution is 2.45. The lowest BCUT2D eigenvalue weighted by Crippen LogP contribution is -2.33. The van der Waals surface area contributed by atoms with E-state index in [0.29, 0.717) is 44.8 Å².